The second-order valence-electron chi connectivity index (χ2n) is 5.54. The van der Waals surface area contributed by atoms with E-state index in [1.54, 1.807) is 0 Å². The van der Waals surface area contributed by atoms with Crippen LogP contribution in [0.5, 0.6) is 5.75 Å². The van der Waals surface area contributed by atoms with Gasteiger partial charge >= 0.3 is 0 Å². The van der Waals surface area contributed by atoms with Gasteiger partial charge in [0.05, 0.1) is 9.82 Å². The second-order valence-corrected chi connectivity index (χ2v) is 8.35. The van der Waals surface area contributed by atoms with E-state index in [-0.39, 0.29) is 28.2 Å². The average molecular weight is 433 g/mol. The Morgan fingerprint density at radius 3 is 2.52 bits per heavy atom. The maximum Gasteiger partial charge on any atom is 0.277 e. The number of hydrogen-bond acceptors (Lipinski definition) is 9. The molecule has 0 saturated heterocycles. The third-order valence-corrected chi connectivity index (χ3v) is 5.76. The van der Waals surface area contributed by atoms with Gasteiger partial charge < -0.3 is 9.15 Å². The highest BCUT2D eigenvalue weighted by molar-refractivity contribution is 7.99. The highest BCUT2D eigenvalue weighted by Crippen LogP contribution is 2.20. The van der Waals surface area contributed by atoms with Crippen molar-refractivity contribution in [2.24, 2.45) is 0 Å². The van der Waals surface area contributed by atoms with E-state index in [0.29, 0.717) is 11.6 Å². The molecular weight excluding hydrogens is 418 g/mol. The molecule has 0 spiro atoms. The molecule has 0 aliphatic rings. The Balaban J connectivity index is 1.50. The Morgan fingerprint density at radius 1 is 1.10 bits per heavy atom. The number of nitro groups is 1. The Hall–Kier alpha value is -3.18. The van der Waals surface area contributed by atoms with Gasteiger partial charge in [-0.05, 0) is 24.3 Å². The van der Waals surface area contributed by atoms with E-state index in [1.807, 2.05) is 30.3 Å². The van der Waals surface area contributed by atoms with Crippen LogP contribution in [-0.4, -0.2) is 29.3 Å². The van der Waals surface area contributed by atoms with Crippen LogP contribution < -0.4 is 4.74 Å². The van der Waals surface area contributed by atoms with Crippen molar-refractivity contribution in [1.82, 2.24) is 10.2 Å². The number of nitrogens with zero attached hydrogens (tertiary/aromatic N) is 3. The van der Waals surface area contributed by atoms with Crippen LogP contribution >= 0.6 is 11.8 Å². The van der Waals surface area contributed by atoms with Gasteiger partial charge in [0.25, 0.3) is 16.8 Å². The smallest absolute Gasteiger partial charge is 0.277 e. The first-order valence-corrected chi connectivity index (χ1v) is 10.8. The van der Waals surface area contributed by atoms with Gasteiger partial charge in [-0.25, -0.2) is 8.42 Å². The molecule has 1 aromatic heterocycles. The van der Waals surface area contributed by atoms with Gasteiger partial charge in [0.15, 0.2) is 16.4 Å². The molecule has 1 heterocycles. The third kappa shape index (κ3) is 5.90. The van der Waals surface area contributed by atoms with Crippen LogP contribution in [0.1, 0.15) is 5.89 Å². The highest BCUT2D eigenvalue weighted by Gasteiger charge is 2.13. The standard InChI is InChI=1S/C18H15N3O6S2/c22-21(23)14-7-9-16(10-8-14)29(24,25)12-4-11-28-18-20-19-17(27-18)13-26-15-5-2-1-3-6-15/h1-10,12H,11,13H2. The van der Waals surface area contributed by atoms with Gasteiger partial charge in [-0.1, -0.05) is 36.0 Å². The molecule has 0 amide bonds. The fourth-order valence-corrected chi connectivity index (χ4v) is 3.87. The van der Waals surface area contributed by atoms with Crippen LogP contribution in [0.4, 0.5) is 5.69 Å². The molecule has 0 bridgehead atoms. The van der Waals surface area contributed by atoms with Crippen molar-refractivity contribution in [1.29, 1.82) is 0 Å². The van der Waals surface area contributed by atoms with E-state index in [1.165, 1.54) is 30.0 Å². The minimum Gasteiger partial charge on any atom is -0.484 e. The summed E-state index contributed by atoms with van der Waals surface area (Å²) in [6, 6.07) is 13.9. The molecule has 0 aliphatic heterocycles. The van der Waals surface area contributed by atoms with E-state index in [4.69, 9.17) is 9.15 Å². The first-order chi connectivity index (χ1) is 13.9. The lowest BCUT2D eigenvalue weighted by Crippen LogP contribution is -1.97. The van der Waals surface area contributed by atoms with Crippen LogP contribution in [-0.2, 0) is 16.4 Å². The fraction of sp³-hybridized carbons (Fsp3) is 0.111. The molecule has 0 saturated carbocycles. The Bertz CT molecular complexity index is 1100. The van der Waals surface area contributed by atoms with Gasteiger partial charge in [-0.3, -0.25) is 10.1 Å². The van der Waals surface area contributed by atoms with E-state index in [0.717, 1.165) is 17.5 Å². The molecule has 2 aromatic carbocycles. The number of sulfone groups is 1. The summed E-state index contributed by atoms with van der Waals surface area (Å²) < 4.78 is 35.4. The molecule has 11 heteroatoms. The first-order valence-electron chi connectivity index (χ1n) is 8.23. The highest BCUT2D eigenvalue weighted by atomic mass is 32.2. The maximum absolute atomic E-state index is 12.2. The zero-order chi connectivity index (χ0) is 20.7. The summed E-state index contributed by atoms with van der Waals surface area (Å²) in [5, 5.41) is 19.7. The summed E-state index contributed by atoms with van der Waals surface area (Å²) in [5.41, 5.74) is -0.174. The molecule has 0 N–H and O–H groups in total. The summed E-state index contributed by atoms with van der Waals surface area (Å²) in [5.74, 6) is 1.27. The summed E-state index contributed by atoms with van der Waals surface area (Å²) in [4.78, 5) is 10.0. The second kappa shape index (κ2) is 9.34. The molecule has 0 radical (unpaired) electrons. The molecule has 3 aromatic rings. The van der Waals surface area contributed by atoms with Crippen molar-refractivity contribution in [3.05, 3.63) is 82.1 Å². The van der Waals surface area contributed by atoms with E-state index >= 15 is 0 Å². The zero-order valence-electron chi connectivity index (χ0n) is 14.9. The minimum atomic E-state index is -3.69. The number of non-ortho nitro benzene ring substituents is 1. The van der Waals surface area contributed by atoms with E-state index in [9.17, 15) is 18.5 Å². The van der Waals surface area contributed by atoms with Crippen molar-refractivity contribution >= 4 is 27.3 Å². The Labute approximate surface area is 170 Å². The normalized spacial score (nSPS) is 11.6. The maximum atomic E-state index is 12.2. The molecule has 29 heavy (non-hydrogen) atoms. The van der Waals surface area contributed by atoms with Gasteiger partial charge in [0, 0.05) is 23.3 Å². The minimum absolute atomic E-state index is 0.0255. The Kier molecular flexibility index (Phi) is 6.62. The number of benzene rings is 2. The topological polar surface area (TPSA) is 125 Å². The summed E-state index contributed by atoms with van der Waals surface area (Å²) in [6.45, 7) is 0.127. The molecule has 3 rings (SSSR count). The first kappa shape index (κ1) is 20.6. The molecule has 0 fully saturated rings. The zero-order valence-corrected chi connectivity index (χ0v) is 16.5. The monoisotopic (exact) mass is 433 g/mol. The van der Waals surface area contributed by atoms with Gasteiger partial charge in [0.1, 0.15) is 5.75 Å². The molecule has 0 aliphatic carbocycles. The number of ether oxygens (including phenoxy) is 1. The fourth-order valence-electron chi connectivity index (χ4n) is 2.14. The summed E-state index contributed by atoms with van der Waals surface area (Å²) in [7, 11) is -3.69. The van der Waals surface area contributed by atoms with E-state index in [2.05, 4.69) is 10.2 Å². The lowest BCUT2D eigenvalue weighted by Gasteiger charge is -2.01. The SMILES string of the molecule is O=[N+]([O-])c1ccc(S(=O)(=O)C=CCSc2nnc(COc3ccccc3)o2)cc1. The van der Waals surface area contributed by atoms with Gasteiger partial charge in [-0.15, -0.1) is 10.2 Å². The molecule has 0 atom stereocenters. The summed E-state index contributed by atoms with van der Waals surface area (Å²) >= 11 is 1.17. The number of thioether (sulfide) groups is 1. The number of para-hydroxylation sites is 1. The number of nitro benzene ring substituents is 1. The molecule has 9 nitrogen and oxygen atoms in total. The van der Waals surface area contributed by atoms with Crippen LogP contribution in [0.15, 0.2) is 80.6 Å². The lowest BCUT2D eigenvalue weighted by molar-refractivity contribution is -0.384. The van der Waals surface area contributed by atoms with Crippen LogP contribution in [0.2, 0.25) is 0 Å². The largest absolute Gasteiger partial charge is 0.484 e. The molecule has 150 valence electrons. The number of rotatable bonds is 9. The van der Waals surface area contributed by atoms with Crippen molar-refractivity contribution in [3.8, 4) is 5.75 Å². The van der Waals surface area contributed by atoms with Crippen LogP contribution in [0.25, 0.3) is 0 Å². The van der Waals surface area contributed by atoms with Crippen LogP contribution in [0.3, 0.4) is 0 Å². The molecule has 0 unspecified atom stereocenters. The average Bonchev–Trinajstić information content (AvgIpc) is 3.18. The quantitative estimate of drug-likeness (QED) is 0.282. The predicted octanol–water partition coefficient (Wildman–Crippen LogP) is 3.64. The van der Waals surface area contributed by atoms with Gasteiger partial charge in [0.2, 0.25) is 0 Å². The lowest BCUT2D eigenvalue weighted by atomic mass is 10.3. The van der Waals surface area contributed by atoms with Crippen molar-refractivity contribution in [2.45, 2.75) is 16.7 Å². The number of hydrogen-bond donors (Lipinski definition) is 0. The third-order valence-electron chi connectivity index (χ3n) is 3.51. The predicted molar refractivity (Wildman–Crippen MR) is 105 cm³/mol. The van der Waals surface area contributed by atoms with Crippen molar-refractivity contribution in [3.63, 3.8) is 0 Å². The van der Waals surface area contributed by atoms with Gasteiger partial charge in [-0.2, -0.15) is 0 Å². The Morgan fingerprint density at radius 2 is 1.83 bits per heavy atom. The van der Waals surface area contributed by atoms with Crippen molar-refractivity contribution in [2.75, 3.05) is 5.75 Å². The van der Waals surface area contributed by atoms with Crippen LogP contribution in [0, 0.1) is 10.1 Å². The number of aromatic nitrogens is 2. The van der Waals surface area contributed by atoms with Crippen molar-refractivity contribution < 1.29 is 22.5 Å². The summed E-state index contributed by atoms with van der Waals surface area (Å²) in [6.07, 6.45) is 1.44. The van der Waals surface area contributed by atoms with E-state index < -0.39 is 14.8 Å². The molecular formula is C18H15N3O6S2.